The Labute approximate surface area is 134 Å². The molecule has 0 spiro atoms. The number of nitrogens with one attached hydrogen (secondary N) is 1. The molecule has 6 heteroatoms. The molecule has 2 aromatic rings. The van der Waals surface area contributed by atoms with E-state index in [-0.39, 0.29) is 18.2 Å². The first-order valence-corrected chi connectivity index (χ1v) is 7.90. The van der Waals surface area contributed by atoms with E-state index in [1.54, 1.807) is 25.1 Å². The molecular weight excluding hydrogens is 297 g/mol. The molecule has 5 nitrogen and oxygen atoms in total. The second-order valence-electron chi connectivity index (χ2n) is 5.46. The lowest BCUT2D eigenvalue weighted by molar-refractivity contribution is -0.143. The predicted molar refractivity (Wildman–Crippen MR) is 84.3 cm³/mol. The van der Waals surface area contributed by atoms with Crippen LogP contribution in [0.2, 0.25) is 0 Å². The molecule has 0 radical (unpaired) electrons. The van der Waals surface area contributed by atoms with Crippen LogP contribution in [-0.4, -0.2) is 28.9 Å². The van der Waals surface area contributed by atoms with Crippen LogP contribution in [0, 0.1) is 5.82 Å². The van der Waals surface area contributed by atoms with Crippen LogP contribution in [0.25, 0.3) is 11.3 Å². The number of hydrogen-bond donors (Lipinski definition) is 1. The van der Waals surface area contributed by atoms with E-state index in [0.717, 1.165) is 24.2 Å². The zero-order valence-electron chi connectivity index (χ0n) is 13.1. The van der Waals surface area contributed by atoms with E-state index in [1.165, 1.54) is 6.07 Å². The highest BCUT2D eigenvalue weighted by atomic mass is 19.1. The minimum atomic E-state index is -0.282. The van der Waals surface area contributed by atoms with Gasteiger partial charge in [0.25, 0.3) is 0 Å². The molecule has 1 aliphatic heterocycles. The summed E-state index contributed by atoms with van der Waals surface area (Å²) in [5.41, 5.74) is 3.26. The Morgan fingerprint density at radius 3 is 3.04 bits per heavy atom. The lowest BCUT2D eigenvalue weighted by Crippen LogP contribution is -2.25. The van der Waals surface area contributed by atoms with Crippen LogP contribution in [0.15, 0.2) is 24.3 Å². The van der Waals surface area contributed by atoms with Gasteiger partial charge in [0.1, 0.15) is 5.82 Å². The van der Waals surface area contributed by atoms with Gasteiger partial charge in [-0.05, 0) is 19.1 Å². The molecule has 0 saturated carbocycles. The quantitative estimate of drug-likeness (QED) is 0.860. The van der Waals surface area contributed by atoms with Crippen molar-refractivity contribution in [1.29, 1.82) is 0 Å². The summed E-state index contributed by atoms with van der Waals surface area (Å²) in [5, 5.41) is 7.89. The van der Waals surface area contributed by atoms with Crippen molar-refractivity contribution in [2.75, 3.05) is 13.2 Å². The van der Waals surface area contributed by atoms with E-state index in [0.29, 0.717) is 31.0 Å². The van der Waals surface area contributed by atoms with E-state index in [9.17, 15) is 9.18 Å². The summed E-state index contributed by atoms with van der Waals surface area (Å²) in [5.74, 6) is -0.519. The average molecular weight is 317 g/mol. The molecule has 1 N–H and O–H groups in total. The monoisotopic (exact) mass is 317 g/mol. The molecule has 0 amide bonds. The Hall–Kier alpha value is -2.21. The van der Waals surface area contributed by atoms with Crippen LogP contribution in [-0.2, 0) is 29.0 Å². The first-order chi connectivity index (χ1) is 11.2. The number of ether oxygens (including phenoxy) is 1. The summed E-state index contributed by atoms with van der Waals surface area (Å²) >= 11 is 0. The van der Waals surface area contributed by atoms with Crippen LogP contribution in [0.3, 0.4) is 0 Å². The topological polar surface area (TPSA) is 56.2 Å². The third-order valence-electron chi connectivity index (χ3n) is 3.97. The minimum Gasteiger partial charge on any atom is -0.466 e. The molecule has 0 atom stereocenters. The predicted octanol–water partition coefficient (Wildman–Crippen LogP) is 2.29. The van der Waals surface area contributed by atoms with Gasteiger partial charge in [0.2, 0.25) is 0 Å². The summed E-state index contributed by atoms with van der Waals surface area (Å²) in [6, 6.07) is 6.65. The summed E-state index contributed by atoms with van der Waals surface area (Å²) in [4.78, 5) is 11.6. The van der Waals surface area contributed by atoms with Gasteiger partial charge in [-0.2, -0.15) is 5.10 Å². The normalized spacial score (nSPS) is 13.7. The van der Waals surface area contributed by atoms with E-state index in [2.05, 4.69) is 10.4 Å². The number of benzene rings is 1. The van der Waals surface area contributed by atoms with Crippen LogP contribution >= 0.6 is 0 Å². The number of carbonyl (C=O) groups excluding carboxylic acids is 1. The number of hydrogen-bond acceptors (Lipinski definition) is 4. The Bertz CT molecular complexity index is 712. The van der Waals surface area contributed by atoms with Gasteiger partial charge in [-0.3, -0.25) is 9.48 Å². The Kier molecular flexibility index (Phi) is 4.71. The molecule has 1 aromatic heterocycles. The SMILES string of the molecule is CCOC(=O)CCn1nc(-c2ccccc2F)c2c1CCNC2. The highest BCUT2D eigenvalue weighted by Gasteiger charge is 2.23. The molecule has 0 aliphatic carbocycles. The Morgan fingerprint density at radius 1 is 1.43 bits per heavy atom. The fourth-order valence-corrected chi connectivity index (χ4v) is 2.90. The van der Waals surface area contributed by atoms with Gasteiger partial charge >= 0.3 is 5.97 Å². The van der Waals surface area contributed by atoms with Crippen LogP contribution in [0.5, 0.6) is 0 Å². The average Bonchev–Trinajstić information content (AvgIpc) is 2.93. The molecule has 0 bridgehead atoms. The number of fused-ring (bicyclic) bond motifs is 1. The second-order valence-corrected chi connectivity index (χ2v) is 5.46. The third kappa shape index (κ3) is 3.27. The number of aryl methyl sites for hydroxylation is 1. The number of carbonyl (C=O) groups is 1. The van der Waals surface area contributed by atoms with E-state index in [1.807, 2.05) is 4.68 Å². The zero-order valence-corrected chi connectivity index (χ0v) is 13.1. The Morgan fingerprint density at radius 2 is 2.26 bits per heavy atom. The van der Waals surface area contributed by atoms with E-state index >= 15 is 0 Å². The molecule has 0 fully saturated rings. The van der Waals surface area contributed by atoms with Crippen molar-refractivity contribution in [3.63, 3.8) is 0 Å². The molecule has 0 unspecified atom stereocenters. The fourth-order valence-electron chi connectivity index (χ4n) is 2.90. The summed E-state index contributed by atoms with van der Waals surface area (Å²) < 4.78 is 20.9. The van der Waals surface area contributed by atoms with E-state index < -0.39 is 0 Å². The first-order valence-electron chi connectivity index (χ1n) is 7.90. The smallest absolute Gasteiger partial charge is 0.307 e. The standard InChI is InChI=1S/C17H20FN3O2/c1-2-23-16(22)8-10-21-15-7-9-19-11-13(15)17(20-21)12-5-3-4-6-14(12)18/h3-6,19H,2,7-11H2,1H3. The van der Waals surface area contributed by atoms with Crippen molar-refractivity contribution >= 4 is 5.97 Å². The van der Waals surface area contributed by atoms with Crippen molar-refractivity contribution in [2.45, 2.75) is 32.9 Å². The largest absolute Gasteiger partial charge is 0.466 e. The maximum absolute atomic E-state index is 14.1. The lowest BCUT2D eigenvalue weighted by Gasteiger charge is -2.15. The fraction of sp³-hybridized carbons (Fsp3) is 0.412. The molecule has 0 saturated heterocycles. The first kappa shape index (κ1) is 15.7. The van der Waals surface area contributed by atoms with E-state index in [4.69, 9.17) is 4.74 Å². The number of halogens is 1. The molecule has 1 aliphatic rings. The molecule has 1 aromatic carbocycles. The van der Waals surface area contributed by atoms with Gasteiger partial charge in [-0.15, -0.1) is 0 Å². The van der Waals surface area contributed by atoms with Crippen molar-refractivity contribution in [2.24, 2.45) is 0 Å². The third-order valence-corrected chi connectivity index (χ3v) is 3.97. The van der Waals surface area contributed by atoms with Gasteiger partial charge in [0.05, 0.1) is 25.3 Å². The molecule has 3 rings (SSSR count). The number of esters is 1. The minimum absolute atomic E-state index is 0.238. The zero-order chi connectivity index (χ0) is 16.2. The molecule has 122 valence electrons. The molecular formula is C17H20FN3O2. The molecule has 23 heavy (non-hydrogen) atoms. The lowest BCUT2D eigenvalue weighted by atomic mass is 10.0. The van der Waals surface area contributed by atoms with Crippen molar-refractivity contribution < 1.29 is 13.9 Å². The van der Waals surface area contributed by atoms with Crippen molar-refractivity contribution in [3.8, 4) is 11.3 Å². The van der Waals surface area contributed by atoms with Gasteiger partial charge in [-0.1, -0.05) is 12.1 Å². The number of rotatable bonds is 5. The van der Waals surface area contributed by atoms with Gasteiger partial charge in [0, 0.05) is 36.3 Å². The maximum atomic E-state index is 14.1. The number of aromatic nitrogens is 2. The maximum Gasteiger partial charge on any atom is 0.307 e. The second kappa shape index (κ2) is 6.91. The Balaban J connectivity index is 1.92. The van der Waals surface area contributed by atoms with Gasteiger partial charge < -0.3 is 10.1 Å². The summed E-state index contributed by atoms with van der Waals surface area (Å²) in [7, 11) is 0. The number of nitrogens with zero attached hydrogens (tertiary/aromatic N) is 2. The van der Waals surface area contributed by atoms with Crippen molar-refractivity contribution in [3.05, 3.63) is 41.3 Å². The summed E-state index contributed by atoms with van der Waals surface area (Å²) in [6.45, 7) is 4.14. The van der Waals surface area contributed by atoms with Crippen LogP contribution in [0.4, 0.5) is 4.39 Å². The summed E-state index contributed by atoms with van der Waals surface area (Å²) in [6.07, 6.45) is 1.09. The highest BCUT2D eigenvalue weighted by Crippen LogP contribution is 2.29. The van der Waals surface area contributed by atoms with Crippen LogP contribution in [0.1, 0.15) is 24.6 Å². The van der Waals surface area contributed by atoms with Gasteiger partial charge in [0.15, 0.2) is 0 Å². The van der Waals surface area contributed by atoms with Crippen molar-refractivity contribution in [1.82, 2.24) is 15.1 Å². The molecule has 2 heterocycles. The van der Waals surface area contributed by atoms with Gasteiger partial charge in [-0.25, -0.2) is 4.39 Å². The van der Waals surface area contributed by atoms with Crippen LogP contribution < -0.4 is 5.32 Å². The highest BCUT2D eigenvalue weighted by molar-refractivity contribution is 5.69.